The van der Waals surface area contributed by atoms with Crippen LogP contribution in [0.5, 0.6) is 5.75 Å². The third kappa shape index (κ3) is 4.25. The highest BCUT2D eigenvalue weighted by atomic mass is 16.5. The van der Waals surface area contributed by atoms with E-state index in [1.54, 1.807) is 23.7 Å². The van der Waals surface area contributed by atoms with Crippen molar-refractivity contribution in [3.63, 3.8) is 0 Å². The molecule has 3 rings (SSSR count). The van der Waals surface area contributed by atoms with E-state index in [-0.39, 0.29) is 24.3 Å². The lowest BCUT2D eigenvalue weighted by atomic mass is 10.3. The quantitative estimate of drug-likeness (QED) is 0.473. The van der Waals surface area contributed by atoms with E-state index in [0.29, 0.717) is 18.2 Å². The number of aromatic amines is 1. The molecule has 2 aromatic heterocycles. The molecule has 0 aliphatic carbocycles. The molecule has 9 heteroatoms. The van der Waals surface area contributed by atoms with Gasteiger partial charge in [-0.2, -0.15) is 4.98 Å². The van der Waals surface area contributed by atoms with Crippen LogP contribution < -0.4 is 21.3 Å². The predicted octanol–water partition coefficient (Wildman–Crippen LogP) is 1.08. The summed E-state index contributed by atoms with van der Waals surface area (Å²) in [4.78, 5) is 31.0. The molecule has 0 spiro atoms. The van der Waals surface area contributed by atoms with E-state index in [4.69, 9.17) is 4.74 Å². The molecule has 1 atom stereocenters. The summed E-state index contributed by atoms with van der Waals surface area (Å²) in [5, 5.41) is 13.7. The van der Waals surface area contributed by atoms with Crippen molar-refractivity contribution >= 4 is 17.1 Å². The number of fused-ring (bicyclic) bond motifs is 1. The number of anilines is 1. The largest absolute Gasteiger partial charge is 0.491 e. The molecular weight excluding hydrogens is 362 g/mol. The Morgan fingerprint density at radius 2 is 2.04 bits per heavy atom. The van der Waals surface area contributed by atoms with Crippen molar-refractivity contribution in [2.75, 3.05) is 18.5 Å². The smallest absolute Gasteiger partial charge is 0.329 e. The number of hydrogen-bond acceptors (Lipinski definition) is 6. The number of aryl methyl sites for hydroxylation is 1. The number of aliphatic hydroxyl groups is 1. The Morgan fingerprint density at radius 1 is 1.29 bits per heavy atom. The van der Waals surface area contributed by atoms with Crippen LogP contribution in [-0.2, 0) is 13.6 Å². The second kappa shape index (κ2) is 8.75. The zero-order valence-electron chi connectivity index (χ0n) is 16.0. The number of nitrogens with zero attached hydrogens (tertiary/aromatic N) is 3. The number of hydrogen-bond donors (Lipinski definition) is 3. The van der Waals surface area contributed by atoms with Gasteiger partial charge in [-0.05, 0) is 18.6 Å². The lowest BCUT2D eigenvalue weighted by Crippen LogP contribution is -2.31. The van der Waals surface area contributed by atoms with Crippen molar-refractivity contribution < 1.29 is 9.84 Å². The van der Waals surface area contributed by atoms with Gasteiger partial charge in [0.25, 0.3) is 5.56 Å². The summed E-state index contributed by atoms with van der Waals surface area (Å²) in [6.45, 7) is 2.90. The summed E-state index contributed by atoms with van der Waals surface area (Å²) in [6, 6.07) is 9.18. The van der Waals surface area contributed by atoms with Gasteiger partial charge < -0.3 is 19.7 Å². The molecule has 0 fully saturated rings. The number of rotatable bonds is 9. The van der Waals surface area contributed by atoms with E-state index in [1.165, 1.54) is 4.57 Å². The van der Waals surface area contributed by atoms with Crippen LogP contribution in [0.3, 0.4) is 0 Å². The maximum atomic E-state index is 12.4. The number of benzene rings is 1. The average molecular weight is 387 g/mol. The van der Waals surface area contributed by atoms with E-state index >= 15 is 0 Å². The van der Waals surface area contributed by atoms with Crippen LogP contribution >= 0.6 is 0 Å². The van der Waals surface area contributed by atoms with E-state index in [1.807, 2.05) is 18.2 Å². The summed E-state index contributed by atoms with van der Waals surface area (Å²) in [5.74, 6) is 1.09. The summed E-state index contributed by atoms with van der Waals surface area (Å²) < 4.78 is 8.48. The van der Waals surface area contributed by atoms with Crippen LogP contribution in [0.2, 0.25) is 0 Å². The monoisotopic (exact) mass is 387 g/mol. The summed E-state index contributed by atoms with van der Waals surface area (Å²) >= 11 is 0. The van der Waals surface area contributed by atoms with E-state index in [0.717, 1.165) is 12.8 Å². The van der Waals surface area contributed by atoms with Gasteiger partial charge >= 0.3 is 5.69 Å². The molecule has 0 aliphatic heterocycles. The number of imidazole rings is 1. The number of aromatic nitrogens is 4. The van der Waals surface area contributed by atoms with E-state index in [9.17, 15) is 14.7 Å². The van der Waals surface area contributed by atoms with Gasteiger partial charge in [-0.1, -0.05) is 31.5 Å². The van der Waals surface area contributed by atoms with Gasteiger partial charge in [0.1, 0.15) is 18.5 Å². The Hall–Kier alpha value is -3.07. The van der Waals surface area contributed by atoms with Crippen molar-refractivity contribution in [3.8, 4) is 5.75 Å². The van der Waals surface area contributed by atoms with Gasteiger partial charge in [-0.15, -0.1) is 0 Å². The van der Waals surface area contributed by atoms with Gasteiger partial charge in [-0.3, -0.25) is 14.3 Å². The highest BCUT2D eigenvalue weighted by Crippen LogP contribution is 2.17. The molecule has 0 amide bonds. The first kappa shape index (κ1) is 19.7. The summed E-state index contributed by atoms with van der Waals surface area (Å²) in [5.41, 5.74) is -0.565. The second-order valence-corrected chi connectivity index (χ2v) is 6.59. The molecule has 3 N–H and O–H groups in total. The van der Waals surface area contributed by atoms with E-state index in [2.05, 4.69) is 22.2 Å². The number of para-hydroxylation sites is 1. The highest BCUT2D eigenvalue weighted by molar-refractivity contribution is 5.74. The van der Waals surface area contributed by atoms with Crippen LogP contribution in [0.25, 0.3) is 11.2 Å². The maximum absolute atomic E-state index is 12.4. The molecule has 0 unspecified atom stereocenters. The molecule has 0 saturated heterocycles. The minimum Gasteiger partial charge on any atom is -0.491 e. The van der Waals surface area contributed by atoms with Gasteiger partial charge in [-0.25, -0.2) is 4.79 Å². The first-order valence-electron chi connectivity index (χ1n) is 9.30. The van der Waals surface area contributed by atoms with Crippen LogP contribution in [-0.4, -0.2) is 43.5 Å². The minimum absolute atomic E-state index is 0.0573. The highest BCUT2D eigenvalue weighted by Gasteiger charge is 2.19. The number of unbranched alkanes of at least 4 members (excludes halogenated alkanes) is 1. The van der Waals surface area contributed by atoms with Gasteiger partial charge in [0, 0.05) is 13.6 Å². The van der Waals surface area contributed by atoms with Gasteiger partial charge in [0.05, 0.1) is 6.54 Å². The standard InChI is InChI=1S/C19H25N5O4/c1-3-4-10-20-18-21-16-15(17(26)22-19(27)23(16)2)24(18)11-13(25)12-28-14-8-6-5-7-9-14/h5-9,13,25H,3-4,10-12H2,1-2H3,(H,20,21)(H,22,26,27)/t13-/m1/s1. The Labute approximate surface area is 161 Å². The van der Waals surface area contributed by atoms with Crippen LogP contribution in [0.4, 0.5) is 5.95 Å². The normalized spacial score (nSPS) is 12.2. The topological polar surface area (TPSA) is 114 Å². The molecule has 150 valence electrons. The molecule has 0 radical (unpaired) electrons. The Balaban J connectivity index is 1.88. The molecule has 0 aliphatic rings. The lowest BCUT2D eigenvalue weighted by Gasteiger charge is -2.15. The third-order valence-corrected chi connectivity index (χ3v) is 4.40. The summed E-state index contributed by atoms with van der Waals surface area (Å²) in [6.07, 6.45) is 1.05. The fourth-order valence-corrected chi connectivity index (χ4v) is 2.90. The average Bonchev–Trinajstić information content (AvgIpc) is 3.04. The number of aliphatic hydroxyl groups excluding tert-OH is 1. The fourth-order valence-electron chi connectivity index (χ4n) is 2.90. The molecule has 1 aromatic carbocycles. The number of H-pyrrole nitrogens is 1. The minimum atomic E-state index is -0.874. The van der Waals surface area contributed by atoms with Crippen molar-refractivity contribution in [3.05, 3.63) is 51.2 Å². The Morgan fingerprint density at radius 3 is 2.75 bits per heavy atom. The zero-order valence-corrected chi connectivity index (χ0v) is 16.0. The molecule has 0 saturated carbocycles. The fraction of sp³-hybridized carbons (Fsp3) is 0.421. The second-order valence-electron chi connectivity index (χ2n) is 6.59. The predicted molar refractivity (Wildman–Crippen MR) is 107 cm³/mol. The molecule has 9 nitrogen and oxygen atoms in total. The third-order valence-electron chi connectivity index (χ3n) is 4.40. The SMILES string of the molecule is CCCCNc1nc2c(c(=O)[nH]c(=O)n2C)n1C[C@@H](O)COc1ccccc1. The van der Waals surface area contributed by atoms with Crippen molar-refractivity contribution in [1.82, 2.24) is 19.1 Å². The van der Waals surface area contributed by atoms with Crippen LogP contribution in [0, 0.1) is 0 Å². The first-order chi connectivity index (χ1) is 13.5. The van der Waals surface area contributed by atoms with Crippen molar-refractivity contribution in [1.29, 1.82) is 0 Å². The molecule has 28 heavy (non-hydrogen) atoms. The number of ether oxygens (including phenoxy) is 1. The molecule has 2 heterocycles. The van der Waals surface area contributed by atoms with Crippen molar-refractivity contribution in [2.24, 2.45) is 7.05 Å². The van der Waals surface area contributed by atoms with Crippen molar-refractivity contribution in [2.45, 2.75) is 32.4 Å². The van der Waals surface area contributed by atoms with Gasteiger partial charge in [0.2, 0.25) is 5.95 Å². The zero-order chi connectivity index (χ0) is 20.1. The number of nitrogens with one attached hydrogen (secondary N) is 2. The maximum Gasteiger partial charge on any atom is 0.329 e. The Kier molecular flexibility index (Phi) is 6.15. The van der Waals surface area contributed by atoms with Crippen LogP contribution in [0.15, 0.2) is 39.9 Å². The Bertz CT molecular complexity index is 1040. The summed E-state index contributed by atoms with van der Waals surface area (Å²) in [7, 11) is 1.54. The molecule has 0 bridgehead atoms. The first-order valence-corrected chi connectivity index (χ1v) is 9.30. The van der Waals surface area contributed by atoms with Crippen LogP contribution in [0.1, 0.15) is 19.8 Å². The lowest BCUT2D eigenvalue weighted by molar-refractivity contribution is 0.0938. The van der Waals surface area contributed by atoms with E-state index < -0.39 is 17.4 Å². The van der Waals surface area contributed by atoms with Gasteiger partial charge in [0.15, 0.2) is 11.2 Å². The molecular formula is C19H25N5O4. The molecule has 3 aromatic rings.